The Morgan fingerprint density at radius 2 is 1.77 bits per heavy atom. The van der Waals surface area contributed by atoms with Crippen molar-refractivity contribution < 1.29 is 19.1 Å². The Balaban J connectivity index is 0.810. The maximum Gasteiger partial charge on any atom is 0.328 e. The molecule has 4 aromatic rings. The van der Waals surface area contributed by atoms with Crippen molar-refractivity contribution in [1.82, 2.24) is 19.4 Å². The monoisotopic (exact) mass is 760 g/mol. The SMILES string of the molecule is COc1cc(N)c(C=NC2CCC(CCN3CCC(c4cc5ccc(N6CCC(=O)NC6=O)cc5n4C)CC3)CC2)cc1C(=O)Nc1cccn(C2CC2)c1=O. The number of fused-ring (bicyclic) bond motifs is 1. The van der Waals surface area contributed by atoms with Crippen molar-refractivity contribution in [2.24, 2.45) is 18.0 Å². The number of nitrogens with one attached hydrogen (secondary N) is 2. The fourth-order valence-corrected chi connectivity index (χ4v) is 8.80. The van der Waals surface area contributed by atoms with Crippen LogP contribution >= 0.6 is 0 Å². The van der Waals surface area contributed by atoms with E-state index in [9.17, 15) is 19.2 Å². The van der Waals surface area contributed by atoms with Crippen LogP contribution in [-0.2, 0) is 11.8 Å². The number of hydrogen-bond acceptors (Lipinski definition) is 8. The highest BCUT2D eigenvalue weighted by Crippen LogP contribution is 2.36. The van der Waals surface area contributed by atoms with Gasteiger partial charge < -0.3 is 29.8 Å². The summed E-state index contributed by atoms with van der Waals surface area (Å²) in [5.41, 5.74) is 11.1. The molecule has 4 aliphatic rings. The molecule has 13 nitrogen and oxygen atoms in total. The first kappa shape index (κ1) is 37.5. The van der Waals surface area contributed by atoms with Crippen molar-refractivity contribution in [1.29, 1.82) is 0 Å². The molecule has 294 valence electrons. The van der Waals surface area contributed by atoms with Crippen LogP contribution in [0.25, 0.3) is 10.9 Å². The second-order valence-corrected chi connectivity index (χ2v) is 16.0. The van der Waals surface area contributed by atoms with Crippen LogP contribution in [0.3, 0.4) is 0 Å². The lowest BCUT2D eigenvalue weighted by Crippen LogP contribution is -2.49. The van der Waals surface area contributed by atoms with Gasteiger partial charge in [-0.25, -0.2) is 4.79 Å². The number of methoxy groups -OCH3 is 1. The number of amides is 4. The third-order valence-corrected chi connectivity index (χ3v) is 12.3. The first-order valence-corrected chi connectivity index (χ1v) is 20.1. The Morgan fingerprint density at radius 3 is 2.50 bits per heavy atom. The van der Waals surface area contributed by atoms with E-state index < -0.39 is 5.91 Å². The van der Waals surface area contributed by atoms with E-state index in [1.807, 2.05) is 6.07 Å². The highest BCUT2D eigenvalue weighted by Gasteiger charge is 2.29. The summed E-state index contributed by atoms with van der Waals surface area (Å²) in [5.74, 6) is 0.874. The van der Waals surface area contributed by atoms with Gasteiger partial charge in [0.05, 0.1) is 18.2 Å². The molecular formula is C43H52N8O5. The van der Waals surface area contributed by atoms with Gasteiger partial charge in [-0.2, -0.15) is 0 Å². The third-order valence-electron chi connectivity index (χ3n) is 12.3. The van der Waals surface area contributed by atoms with E-state index in [0.717, 1.165) is 82.2 Å². The van der Waals surface area contributed by atoms with Crippen molar-refractivity contribution in [3.8, 4) is 5.75 Å². The summed E-state index contributed by atoms with van der Waals surface area (Å²) in [7, 11) is 3.62. The fourth-order valence-electron chi connectivity index (χ4n) is 8.80. The van der Waals surface area contributed by atoms with Crippen molar-refractivity contribution >= 4 is 52.0 Å². The number of carbonyl (C=O) groups excluding carboxylic acids is 3. The zero-order valence-electron chi connectivity index (χ0n) is 32.3. The van der Waals surface area contributed by atoms with Gasteiger partial charge in [-0.1, -0.05) is 6.07 Å². The number of aliphatic imine (C=N–C) groups is 1. The van der Waals surface area contributed by atoms with Gasteiger partial charge in [-0.3, -0.25) is 29.6 Å². The Bertz CT molecular complexity index is 2220. The lowest BCUT2D eigenvalue weighted by atomic mass is 9.84. The number of nitrogens with two attached hydrogens (primary N) is 1. The minimum atomic E-state index is -0.430. The van der Waals surface area contributed by atoms with Crippen molar-refractivity contribution in [2.45, 2.75) is 82.2 Å². The number of nitrogens with zero attached hydrogens (tertiary/aromatic N) is 5. The number of benzene rings is 2. The number of pyridine rings is 1. The molecule has 8 rings (SSSR count). The number of ether oxygens (including phenoxy) is 1. The van der Waals surface area contributed by atoms with Crippen LogP contribution in [0, 0.1) is 5.92 Å². The summed E-state index contributed by atoms with van der Waals surface area (Å²) in [6.07, 6.45) is 13.6. The molecule has 2 saturated carbocycles. The molecule has 2 aliphatic heterocycles. The number of aryl methyl sites for hydroxylation is 1. The van der Waals surface area contributed by atoms with Crippen LogP contribution < -0.4 is 31.6 Å². The maximum atomic E-state index is 13.4. The Labute approximate surface area is 326 Å². The minimum Gasteiger partial charge on any atom is -0.496 e. The Hall–Kier alpha value is -5.43. The number of hydrogen-bond donors (Lipinski definition) is 3. The molecule has 2 aromatic heterocycles. The maximum absolute atomic E-state index is 13.4. The van der Waals surface area contributed by atoms with E-state index in [1.54, 1.807) is 46.1 Å². The zero-order chi connectivity index (χ0) is 38.9. The standard InChI is InChI=1S/C43H52N8O5/c1-48-37(23-29-7-10-33(24-38(29)48)51-21-16-40(52)47-43(51)55)28-14-19-49(20-15-28)18-13-27-5-8-31(9-6-27)45-26-30-22-34(39(56-2)25-35(30)44)41(53)46-36-4-3-17-50(42(36)54)32-11-12-32/h3-4,7,10,17,22-28,31-32H,5-6,8-9,11-16,18-21,44H2,1-2H3,(H,46,53)(H,47,52,55). The number of urea groups is 1. The molecule has 4 amide bonds. The van der Waals surface area contributed by atoms with Gasteiger partial charge in [0.2, 0.25) is 5.91 Å². The Morgan fingerprint density at radius 1 is 0.982 bits per heavy atom. The molecule has 4 heterocycles. The molecule has 4 fully saturated rings. The molecule has 2 aliphatic carbocycles. The second-order valence-electron chi connectivity index (χ2n) is 16.0. The van der Waals surface area contributed by atoms with E-state index in [4.69, 9.17) is 15.5 Å². The van der Waals surface area contributed by atoms with Crippen LogP contribution in [0.5, 0.6) is 5.75 Å². The van der Waals surface area contributed by atoms with Gasteiger partial charge in [-0.15, -0.1) is 0 Å². The van der Waals surface area contributed by atoms with E-state index in [0.29, 0.717) is 47.4 Å². The van der Waals surface area contributed by atoms with Gasteiger partial charge in [0, 0.05) is 84.5 Å². The summed E-state index contributed by atoms with van der Waals surface area (Å²) in [6.45, 7) is 3.70. The van der Waals surface area contributed by atoms with Gasteiger partial charge in [0.15, 0.2) is 0 Å². The smallest absolute Gasteiger partial charge is 0.328 e. The molecule has 13 heteroatoms. The zero-order valence-corrected chi connectivity index (χ0v) is 32.3. The molecular weight excluding hydrogens is 709 g/mol. The molecule has 0 bridgehead atoms. The van der Waals surface area contributed by atoms with Crippen LogP contribution in [0.4, 0.5) is 21.9 Å². The molecule has 0 unspecified atom stereocenters. The Kier molecular flexibility index (Phi) is 10.7. The highest BCUT2D eigenvalue weighted by molar-refractivity contribution is 6.08. The van der Waals surface area contributed by atoms with Crippen molar-refractivity contribution in [3.63, 3.8) is 0 Å². The largest absolute Gasteiger partial charge is 0.496 e. The van der Waals surface area contributed by atoms with Gasteiger partial charge in [0.25, 0.3) is 11.5 Å². The van der Waals surface area contributed by atoms with Crippen LogP contribution in [0.15, 0.2) is 64.5 Å². The lowest BCUT2D eigenvalue weighted by Gasteiger charge is -2.34. The average Bonchev–Trinajstić information content (AvgIpc) is 4.00. The van der Waals surface area contributed by atoms with Crippen LogP contribution in [-0.4, -0.2) is 77.4 Å². The van der Waals surface area contributed by atoms with E-state index in [-0.39, 0.29) is 35.3 Å². The normalized spacial score (nSPS) is 21.1. The number of carbonyl (C=O) groups is 3. The minimum absolute atomic E-state index is 0.207. The summed E-state index contributed by atoms with van der Waals surface area (Å²) in [4.78, 5) is 59.5. The van der Waals surface area contributed by atoms with Crippen LogP contribution in [0.2, 0.25) is 0 Å². The molecule has 4 N–H and O–H groups in total. The first-order valence-electron chi connectivity index (χ1n) is 20.1. The van der Waals surface area contributed by atoms with Crippen LogP contribution in [0.1, 0.15) is 97.8 Å². The molecule has 2 aromatic carbocycles. The number of likely N-dealkylation sites (tertiary alicyclic amines) is 1. The van der Waals surface area contributed by atoms with E-state index >= 15 is 0 Å². The lowest BCUT2D eigenvalue weighted by molar-refractivity contribution is -0.120. The first-order chi connectivity index (χ1) is 27.1. The molecule has 2 saturated heterocycles. The quantitative estimate of drug-likeness (QED) is 0.121. The summed E-state index contributed by atoms with van der Waals surface area (Å²) in [5, 5.41) is 6.38. The predicted molar refractivity (Wildman–Crippen MR) is 219 cm³/mol. The number of aromatic nitrogens is 2. The van der Waals surface area contributed by atoms with Gasteiger partial charge >= 0.3 is 6.03 Å². The highest BCUT2D eigenvalue weighted by atomic mass is 16.5. The summed E-state index contributed by atoms with van der Waals surface area (Å²) in [6, 6.07) is 15.2. The summed E-state index contributed by atoms with van der Waals surface area (Å²) < 4.78 is 9.46. The molecule has 0 radical (unpaired) electrons. The molecule has 56 heavy (non-hydrogen) atoms. The number of imide groups is 1. The van der Waals surface area contributed by atoms with Gasteiger partial charge in [-0.05, 0) is 120 Å². The van der Waals surface area contributed by atoms with Crippen molar-refractivity contribution in [2.75, 3.05) is 49.2 Å². The van der Waals surface area contributed by atoms with Gasteiger partial charge in [0.1, 0.15) is 11.4 Å². The topological polar surface area (TPSA) is 156 Å². The number of anilines is 3. The molecule has 0 atom stereocenters. The third kappa shape index (κ3) is 7.95. The number of piperidine rings is 1. The summed E-state index contributed by atoms with van der Waals surface area (Å²) >= 11 is 0. The molecule has 0 spiro atoms. The van der Waals surface area contributed by atoms with Crippen molar-refractivity contribution in [3.05, 3.63) is 81.9 Å². The fraction of sp³-hybridized carbons (Fsp3) is 0.465. The number of rotatable bonds is 11. The predicted octanol–water partition coefficient (Wildman–Crippen LogP) is 6.21. The average molecular weight is 761 g/mol. The van der Waals surface area contributed by atoms with E-state index in [2.05, 4.69) is 45.3 Å². The van der Waals surface area contributed by atoms with E-state index in [1.165, 1.54) is 24.6 Å². The number of nitrogen functional groups attached to an aromatic ring is 1. The second kappa shape index (κ2) is 16.0.